The van der Waals surface area contributed by atoms with Gasteiger partial charge in [-0.25, -0.2) is 4.79 Å². The first-order valence-corrected chi connectivity index (χ1v) is 7.61. The largest absolute Gasteiger partial charge is 0.546 e. The van der Waals surface area contributed by atoms with Gasteiger partial charge in [0.1, 0.15) is 6.61 Å². The van der Waals surface area contributed by atoms with Crippen LogP contribution in [0.4, 0.5) is 4.79 Å². The molecule has 25 heavy (non-hydrogen) atoms. The molecule has 0 saturated heterocycles. The average Bonchev–Trinajstić information content (AvgIpc) is 2.51. The molecule has 1 aliphatic rings. The quantitative estimate of drug-likeness (QED) is 0.764. The number of carboxylic acid groups (broad SMARTS) is 1. The van der Waals surface area contributed by atoms with Crippen LogP contribution in [0.2, 0.25) is 5.02 Å². The van der Waals surface area contributed by atoms with Gasteiger partial charge in [-0.15, -0.1) is 0 Å². The van der Waals surface area contributed by atoms with Crippen LogP contribution in [-0.4, -0.2) is 31.5 Å². The molecule has 134 valence electrons. The van der Waals surface area contributed by atoms with Crippen molar-refractivity contribution in [2.75, 3.05) is 13.7 Å². The molecular formula is C16H16ClN2O6-. The van der Waals surface area contributed by atoms with Crippen molar-refractivity contribution in [2.24, 2.45) is 0 Å². The van der Waals surface area contributed by atoms with Crippen LogP contribution in [0.25, 0.3) is 0 Å². The topological polar surface area (TPSA) is 117 Å². The first-order chi connectivity index (χ1) is 11.7. The van der Waals surface area contributed by atoms with Gasteiger partial charge in [-0.1, -0.05) is 11.6 Å². The summed E-state index contributed by atoms with van der Waals surface area (Å²) < 4.78 is 10.5. The van der Waals surface area contributed by atoms with Crippen LogP contribution in [0, 0.1) is 0 Å². The summed E-state index contributed by atoms with van der Waals surface area (Å²) in [7, 11) is 1.36. The third-order valence-corrected chi connectivity index (χ3v) is 3.78. The molecule has 0 saturated carbocycles. The van der Waals surface area contributed by atoms with Gasteiger partial charge in [-0.3, -0.25) is 4.79 Å². The van der Waals surface area contributed by atoms with E-state index in [1.807, 2.05) is 0 Å². The Hall–Kier alpha value is -2.74. The summed E-state index contributed by atoms with van der Waals surface area (Å²) in [4.78, 5) is 34.7. The van der Waals surface area contributed by atoms with E-state index < -0.39 is 24.6 Å². The molecule has 0 radical (unpaired) electrons. The lowest BCUT2D eigenvalue weighted by atomic mass is 9.92. The number of Topliss-reactive ketones (excluding diaryl/α,β-unsaturated/α-hetero) is 1. The minimum absolute atomic E-state index is 0.0508. The smallest absolute Gasteiger partial charge is 0.319 e. The maximum atomic E-state index is 12.1. The third kappa shape index (κ3) is 4.03. The predicted molar refractivity (Wildman–Crippen MR) is 86.3 cm³/mol. The van der Waals surface area contributed by atoms with Gasteiger partial charge >= 0.3 is 6.03 Å². The number of amides is 2. The molecular weight excluding hydrogens is 352 g/mol. The molecule has 2 amide bonds. The van der Waals surface area contributed by atoms with Crippen LogP contribution >= 0.6 is 11.6 Å². The van der Waals surface area contributed by atoms with Gasteiger partial charge < -0.3 is 30.0 Å². The molecule has 1 aromatic rings. The van der Waals surface area contributed by atoms with Gasteiger partial charge in [0, 0.05) is 27.9 Å². The lowest BCUT2D eigenvalue weighted by molar-refractivity contribution is -0.307. The average molecular weight is 368 g/mol. The Bertz CT molecular complexity index is 774. The second kappa shape index (κ2) is 7.43. The summed E-state index contributed by atoms with van der Waals surface area (Å²) >= 11 is 6.09. The number of ketones is 1. The van der Waals surface area contributed by atoms with E-state index in [4.69, 9.17) is 21.1 Å². The van der Waals surface area contributed by atoms with Crippen molar-refractivity contribution in [3.05, 3.63) is 34.0 Å². The van der Waals surface area contributed by atoms with Crippen molar-refractivity contribution in [2.45, 2.75) is 19.9 Å². The number of halogens is 1. The van der Waals surface area contributed by atoms with E-state index in [2.05, 4.69) is 10.6 Å². The van der Waals surface area contributed by atoms with E-state index >= 15 is 0 Å². The second-order valence-electron chi connectivity index (χ2n) is 5.31. The van der Waals surface area contributed by atoms with Gasteiger partial charge in [0.25, 0.3) is 0 Å². The fraction of sp³-hybridized carbons (Fsp3) is 0.312. The molecule has 0 fully saturated rings. The molecule has 1 aromatic carbocycles. The Balaban J connectivity index is 2.64. The van der Waals surface area contributed by atoms with E-state index in [-0.39, 0.29) is 22.3 Å². The number of hydrogen-bond acceptors (Lipinski definition) is 6. The van der Waals surface area contributed by atoms with Crippen molar-refractivity contribution in [3.63, 3.8) is 0 Å². The normalized spacial score (nSPS) is 16.8. The number of hydrogen-bond donors (Lipinski definition) is 2. The maximum Gasteiger partial charge on any atom is 0.319 e. The first kappa shape index (κ1) is 18.6. The predicted octanol–water partition coefficient (Wildman–Crippen LogP) is 0.694. The summed E-state index contributed by atoms with van der Waals surface area (Å²) in [5.41, 5.74) is 0.971. The molecule has 2 rings (SSSR count). The third-order valence-electron chi connectivity index (χ3n) is 3.56. The number of ether oxygens (including phenoxy) is 2. The van der Waals surface area contributed by atoms with Crippen molar-refractivity contribution in [3.8, 4) is 11.5 Å². The van der Waals surface area contributed by atoms with Crippen molar-refractivity contribution >= 4 is 29.4 Å². The van der Waals surface area contributed by atoms with Crippen molar-refractivity contribution in [1.82, 2.24) is 10.6 Å². The minimum atomic E-state index is -1.43. The second-order valence-corrected chi connectivity index (χ2v) is 5.75. The monoisotopic (exact) mass is 367 g/mol. The number of carboxylic acids is 1. The molecule has 2 N–H and O–H groups in total. The number of rotatable bonds is 6. The van der Waals surface area contributed by atoms with E-state index in [0.717, 1.165) is 0 Å². The summed E-state index contributed by atoms with van der Waals surface area (Å²) in [5, 5.41) is 16.2. The fourth-order valence-electron chi connectivity index (χ4n) is 2.63. The van der Waals surface area contributed by atoms with Crippen molar-refractivity contribution in [1.29, 1.82) is 0 Å². The highest BCUT2D eigenvalue weighted by Crippen LogP contribution is 2.41. The number of urea groups is 1. The van der Waals surface area contributed by atoms with Crippen LogP contribution in [0.5, 0.6) is 11.5 Å². The lowest BCUT2D eigenvalue weighted by Gasteiger charge is -2.30. The van der Waals surface area contributed by atoms with Crippen LogP contribution in [0.15, 0.2) is 23.4 Å². The Labute approximate surface area is 148 Å². The highest BCUT2D eigenvalue weighted by atomic mass is 35.5. The molecule has 0 bridgehead atoms. The van der Waals surface area contributed by atoms with Crippen LogP contribution in [-0.2, 0) is 9.59 Å². The number of methoxy groups -OCH3 is 1. The zero-order chi connectivity index (χ0) is 18.7. The van der Waals surface area contributed by atoms with E-state index in [9.17, 15) is 19.5 Å². The minimum Gasteiger partial charge on any atom is -0.546 e. The molecule has 0 unspecified atom stereocenters. The first-order valence-electron chi connectivity index (χ1n) is 7.23. The lowest BCUT2D eigenvalue weighted by Crippen LogP contribution is -2.45. The number of carbonyl (C=O) groups excluding carboxylic acids is 3. The Morgan fingerprint density at radius 1 is 1.36 bits per heavy atom. The Morgan fingerprint density at radius 2 is 2.04 bits per heavy atom. The van der Waals surface area contributed by atoms with Gasteiger partial charge in [0.05, 0.1) is 19.1 Å². The summed E-state index contributed by atoms with van der Waals surface area (Å²) in [5.74, 6) is -1.50. The standard InChI is InChI=1S/C16H17ClN2O6/c1-7-13(8(2)20)14(19-16(23)18-7)10-4-9(17)5-11(24-3)15(10)25-6-12(21)22/h4-5,14H,6H2,1-3H3,(H,21,22)(H2,18,19,23)/p-1/t14-/m0/s1. The molecule has 8 nitrogen and oxygen atoms in total. The molecule has 1 aliphatic heterocycles. The summed E-state index contributed by atoms with van der Waals surface area (Å²) in [6.07, 6.45) is 0. The number of carbonyl (C=O) groups is 3. The van der Waals surface area contributed by atoms with Gasteiger partial charge in [0.15, 0.2) is 17.3 Å². The van der Waals surface area contributed by atoms with E-state index in [1.165, 1.54) is 26.2 Å². The fourth-order valence-corrected chi connectivity index (χ4v) is 2.85. The van der Waals surface area contributed by atoms with Crippen LogP contribution in [0.3, 0.4) is 0 Å². The van der Waals surface area contributed by atoms with Gasteiger partial charge in [0.2, 0.25) is 0 Å². The van der Waals surface area contributed by atoms with E-state index in [0.29, 0.717) is 16.8 Å². The number of allylic oxidation sites excluding steroid dienone is 1. The molecule has 1 atom stereocenters. The summed E-state index contributed by atoms with van der Waals surface area (Å²) in [6, 6.07) is 1.51. The maximum absolute atomic E-state index is 12.1. The molecule has 0 aliphatic carbocycles. The van der Waals surface area contributed by atoms with Crippen LogP contribution in [0.1, 0.15) is 25.5 Å². The van der Waals surface area contributed by atoms with Gasteiger partial charge in [-0.05, 0) is 19.9 Å². The molecule has 0 aromatic heterocycles. The highest BCUT2D eigenvalue weighted by molar-refractivity contribution is 6.30. The number of benzene rings is 1. The van der Waals surface area contributed by atoms with Crippen molar-refractivity contribution < 1.29 is 29.0 Å². The number of aliphatic carboxylic acids is 1. The molecule has 0 spiro atoms. The zero-order valence-corrected chi connectivity index (χ0v) is 14.5. The zero-order valence-electron chi connectivity index (χ0n) is 13.8. The Morgan fingerprint density at radius 3 is 2.60 bits per heavy atom. The summed E-state index contributed by atoms with van der Waals surface area (Å²) in [6.45, 7) is 2.21. The highest BCUT2D eigenvalue weighted by Gasteiger charge is 2.32. The molecule has 1 heterocycles. The molecule has 9 heteroatoms. The van der Waals surface area contributed by atoms with Gasteiger partial charge in [-0.2, -0.15) is 0 Å². The Kier molecular flexibility index (Phi) is 5.53. The van der Waals surface area contributed by atoms with Crippen LogP contribution < -0.4 is 25.2 Å². The SMILES string of the molecule is COc1cc(Cl)cc([C@@H]2NC(=O)NC(C)=C2C(C)=O)c1OCC(=O)[O-]. The number of nitrogens with one attached hydrogen (secondary N) is 2. The van der Waals surface area contributed by atoms with E-state index in [1.54, 1.807) is 6.92 Å².